The van der Waals surface area contributed by atoms with Crippen molar-refractivity contribution in [3.05, 3.63) is 23.6 Å². The number of nitrogens with zero attached hydrogens (tertiary/aromatic N) is 6. The van der Waals surface area contributed by atoms with E-state index < -0.39 is 0 Å². The van der Waals surface area contributed by atoms with E-state index in [1.807, 2.05) is 11.8 Å². The lowest BCUT2D eigenvalue weighted by Crippen LogP contribution is -2.58. The summed E-state index contributed by atoms with van der Waals surface area (Å²) < 4.78 is 19.0. The topological polar surface area (TPSA) is 74.7 Å². The molecule has 3 aliphatic rings. The number of likely N-dealkylation sites (tertiary alicyclic amines) is 1. The van der Waals surface area contributed by atoms with Crippen molar-refractivity contribution < 1.29 is 13.9 Å². The lowest BCUT2D eigenvalue weighted by molar-refractivity contribution is -0.00294. The van der Waals surface area contributed by atoms with Gasteiger partial charge in [0.2, 0.25) is 0 Å². The van der Waals surface area contributed by atoms with Gasteiger partial charge in [0.1, 0.15) is 17.1 Å². The molecule has 31 heavy (non-hydrogen) atoms. The van der Waals surface area contributed by atoms with Gasteiger partial charge in [-0.2, -0.15) is 0 Å². The van der Waals surface area contributed by atoms with Gasteiger partial charge in [0.05, 0.1) is 18.4 Å². The monoisotopic (exact) mass is 446 g/mol. The van der Waals surface area contributed by atoms with E-state index in [1.165, 1.54) is 36.4 Å². The van der Waals surface area contributed by atoms with Crippen LogP contribution in [0.4, 0.5) is 15.0 Å². The van der Waals surface area contributed by atoms with E-state index in [0.717, 1.165) is 51.5 Å². The van der Waals surface area contributed by atoms with Gasteiger partial charge in [0.15, 0.2) is 5.01 Å². The van der Waals surface area contributed by atoms with E-state index in [1.54, 1.807) is 5.51 Å². The zero-order chi connectivity index (χ0) is 21.4. The molecule has 8 nitrogen and oxygen atoms in total. The standard InChI is InChI=1S/C21H27FN6O2S/c1-2-30-20(29)28-12-21(13-28)4-3-16(10-21)26-5-7-27(8-6-26)18-17(9-15(22)11-23-18)19-25-24-14-31-19/h9,11,14,16H,2-8,10,12-13H2,1H3. The van der Waals surface area contributed by atoms with E-state index in [2.05, 4.69) is 25.0 Å². The van der Waals surface area contributed by atoms with Gasteiger partial charge in [-0.25, -0.2) is 14.2 Å². The molecule has 0 bridgehead atoms. The molecule has 1 aliphatic carbocycles. The number of rotatable bonds is 4. The molecule has 10 heteroatoms. The maximum absolute atomic E-state index is 13.8. The Labute approximate surface area is 185 Å². The third-order valence-electron chi connectivity index (χ3n) is 6.81. The van der Waals surface area contributed by atoms with Crippen LogP contribution < -0.4 is 4.90 Å². The highest BCUT2D eigenvalue weighted by Crippen LogP contribution is 2.47. The Morgan fingerprint density at radius 3 is 2.84 bits per heavy atom. The highest BCUT2D eigenvalue weighted by Gasteiger charge is 2.51. The first-order valence-corrected chi connectivity index (χ1v) is 11.8. The van der Waals surface area contributed by atoms with Gasteiger partial charge in [-0.1, -0.05) is 11.3 Å². The Hall–Kier alpha value is -2.33. The van der Waals surface area contributed by atoms with Gasteiger partial charge < -0.3 is 14.5 Å². The molecule has 0 radical (unpaired) electrons. The van der Waals surface area contributed by atoms with Crippen LogP contribution in [-0.4, -0.2) is 83.0 Å². The van der Waals surface area contributed by atoms with Crippen molar-refractivity contribution in [3.63, 3.8) is 0 Å². The zero-order valence-corrected chi connectivity index (χ0v) is 18.5. The number of carbonyl (C=O) groups excluding carboxylic acids is 1. The van der Waals surface area contributed by atoms with Crippen LogP contribution in [0, 0.1) is 11.2 Å². The third-order valence-corrected chi connectivity index (χ3v) is 7.53. The number of amides is 1. The number of hydrogen-bond donors (Lipinski definition) is 0. The van der Waals surface area contributed by atoms with Gasteiger partial charge in [0, 0.05) is 50.7 Å². The normalized spacial score (nSPS) is 23.2. The fourth-order valence-electron chi connectivity index (χ4n) is 5.31. The quantitative estimate of drug-likeness (QED) is 0.715. The second-order valence-electron chi connectivity index (χ2n) is 8.74. The molecule has 2 saturated heterocycles. The summed E-state index contributed by atoms with van der Waals surface area (Å²) in [6.45, 7) is 7.54. The molecule has 2 aromatic heterocycles. The van der Waals surface area contributed by atoms with E-state index >= 15 is 0 Å². The fourth-order valence-corrected chi connectivity index (χ4v) is 5.88. The summed E-state index contributed by atoms with van der Waals surface area (Å²) in [5.41, 5.74) is 2.64. The Balaban J connectivity index is 1.19. The first-order valence-electron chi connectivity index (χ1n) is 10.9. The molecule has 3 fully saturated rings. The minimum Gasteiger partial charge on any atom is -0.450 e. The minimum absolute atomic E-state index is 0.178. The summed E-state index contributed by atoms with van der Waals surface area (Å²) in [5.74, 6) is 0.422. The number of ether oxygens (including phenoxy) is 1. The van der Waals surface area contributed by atoms with Crippen LogP contribution in [0.15, 0.2) is 17.8 Å². The van der Waals surface area contributed by atoms with Gasteiger partial charge in [-0.05, 0) is 32.3 Å². The van der Waals surface area contributed by atoms with Crippen LogP contribution in [0.25, 0.3) is 10.6 Å². The lowest BCUT2D eigenvalue weighted by Gasteiger charge is -2.48. The number of halogens is 1. The molecule has 0 aromatic carbocycles. The van der Waals surface area contributed by atoms with Crippen molar-refractivity contribution >= 4 is 23.2 Å². The molecule has 2 aliphatic heterocycles. The van der Waals surface area contributed by atoms with Crippen molar-refractivity contribution in [3.8, 4) is 10.6 Å². The van der Waals surface area contributed by atoms with Crippen LogP contribution in [0.2, 0.25) is 0 Å². The van der Waals surface area contributed by atoms with Crippen molar-refractivity contribution in [2.45, 2.75) is 32.2 Å². The predicted molar refractivity (Wildman–Crippen MR) is 116 cm³/mol. The van der Waals surface area contributed by atoms with Crippen molar-refractivity contribution in [2.24, 2.45) is 5.41 Å². The molecule has 2 aromatic rings. The largest absolute Gasteiger partial charge is 0.450 e. The average Bonchev–Trinajstić information content (AvgIpc) is 3.43. The number of pyridine rings is 1. The molecule has 1 saturated carbocycles. The maximum Gasteiger partial charge on any atom is 0.409 e. The second kappa shape index (κ2) is 8.31. The van der Waals surface area contributed by atoms with Crippen LogP contribution in [0.3, 0.4) is 0 Å². The molecule has 1 amide bonds. The first kappa shape index (κ1) is 20.6. The van der Waals surface area contributed by atoms with Crippen LogP contribution >= 0.6 is 11.3 Å². The molecule has 1 spiro atoms. The smallest absolute Gasteiger partial charge is 0.409 e. The fraction of sp³-hybridized carbons (Fsp3) is 0.619. The highest BCUT2D eigenvalue weighted by molar-refractivity contribution is 7.12. The van der Waals surface area contributed by atoms with Crippen LogP contribution in [0.5, 0.6) is 0 Å². The van der Waals surface area contributed by atoms with Crippen molar-refractivity contribution in [1.29, 1.82) is 0 Å². The average molecular weight is 447 g/mol. The third kappa shape index (κ3) is 3.98. The number of carbonyl (C=O) groups is 1. The Kier molecular flexibility index (Phi) is 5.51. The van der Waals surface area contributed by atoms with Gasteiger partial charge in [0.25, 0.3) is 0 Å². The van der Waals surface area contributed by atoms with Crippen LogP contribution in [0.1, 0.15) is 26.2 Å². The predicted octanol–water partition coefficient (Wildman–Crippen LogP) is 2.87. The number of piperazine rings is 1. The highest BCUT2D eigenvalue weighted by atomic mass is 32.1. The van der Waals surface area contributed by atoms with E-state index in [-0.39, 0.29) is 17.3 Å². The Morgan fingerprint density at radius 1 is 1.32 bits per heavy atom. The number of hydrogen-bond acceptors (Lipinski definition) is 8. The molecule has 5 rings (SSSR count). The van der Waals surface area contributed by atoms with Gasteiger partial charge in [-0.15, -0.1) is 10.2 Å². The van der Waals surface area contributed by atoms with Crippen molar-refractivity contribution in [1.82, 2.24) is 25.0 Å². The summed E-state index contributed by atoms with van der Waals surface area (Å²) in [5, 5.41) is 8.70. The summed E-state index contributed by atoms with van der Waals surface area (Å²) >= 11 is 1.39. The van der Waals surface area contributed by atoms with E-state index in [9.17, 15) is 9.18 Å². The molecule has 4 heterocycles. The number of aromatic nitrogens is 3. The Bertz CT molecular complexity index is 928. The van der Waals surface area contributed by atoms with Crippen molar-refractivity contribution in [2.75, 3.05) is 50.8 Å². The van der Waals surface area contributed by atoms with E-state index in [4.69, 9.17) is 4.74 Å². The molecule has 1 atom stereocenters. The summed E-state index contributed by atoms with van der Waals surface area (Å²) in [6.07, 6.45) is 4.60. The van der Waals surface area contributed by atoms with Gasteiger partial charge in [-0.3, -0.25) is 4.90 Å². The zero-order valence-electron chi connectivity index (χ0n) is 17.7. The second-order valence-corrected chi connectivity index (χ2v) is 9.58. The van der Waals surface area contributed by atoms with Crippen LogP contribution in [-0.2, 0) is 4.74 Å². The molecule has 0 N–H and O–H groups in total. The first-order chi connectivity index (χ1) is 15.1. The lowest BCUT2D eigenvalue weighted by atomic mass is 9.78. The summed E-state index contributed by atoms with van der Waals surface area (Å²) in [7, 11) is 0. The maximum atomic E-state index is 13.8. The Morgan fingerprint density at radius 2 is 2.13 bits per heavy atom. The molecule has 166 valence electrons. The minimum atomic E-state index is -0.360. The summed E-state index contributed by atoms with van der Waals surface area (Å²) in [6, 6.07) is 2.07. The molecular formula is C21H27FN6O2S. The molecular weight excluding hydrogens is 419 g/mol. The summed E-state index contributed by atoms with van der Waals surface area (Å²) in [4.78, 5) is 22.9. The SMILES string of the molecule is CCOC(=O)N1CC2(CCC(N3CCN(c4ncc(F)cc4-c4nncs4)CC3)C2)C1. The number of anilines is 1. The van der Waals surface area contributed by atoms with Gasteiger partial charge >= 0.3 is 6.09 Å². The molecule has 1 unspecified atom stereocenters. The van der Waals surface area contributed by atoms with E-state index in [0.29, 0.717) is 23.2 Å².